The van der Waals surface area contributed by atoms with Gasteiger partial charge in [-0.3, -0.25) is 24.6 Å². The summed E-state index contributed by atoms with van der Waals surface area (Å²) in [6.45, 7) is 8.27. The molecule has 1 N–H and O–H groups in total. The molecule has 0 bridgehead atoms. The van der Waals surface area contributed by atoms with E-state index in [1.807, 2.05) is 6.07 Å². The molecule has 0 spiro atoms. The van der Waals surface area contributed by atoms with Crippen LogP contribution in [0.2, 0.25) is 0 Å². The van der Waals surface area contributed by atoms with Gasteiger partial charge >= 0.3 is 6.03 Å². The lowest BCUT2D eigenvalue weighted by molar-refractivity contribution is -0.122. The van der Waals surface area contributed by atoms with Gasteiger partial charge in [0.1, 0.15) is 17.0 Å². The fourth-order valence-electron chi connectivity index (χ4n) is 5.11. The number of imide groups is 2. The molecule has 3 aliphatic heterocycles. The van der Waals surface area contributed by atoms with Crippen LogP contribution in [0.1, 0.15) is 57.3 Å². The second-order valence-corrected chi connectivity index (χ2v) is 11.1. The van der Waals surface area contributed by atoms with Crippen molar-refractivity contribution in [1.29, 1.82) is 0 Å². The molecule has 0 unspecified atom stereocenters. The van der Waals surface area contributed by atoms with E-state index in [0.29, 0.717) is 12.5 Å². The number of hydrogen-bond acceptors (Lipinski definition) is 9. The van der Waals surface area contributed by atoms with E-state index in [1.54, 1.807) is 29.8 Å². The Morgan fingerprint density at radius 3 is 2.45 bits per heavy atom. The van der Waals surface area contributed by atoms with Gasteiger partial charge in [-0.2, -0.15) is 5.01 Å². The van der Waals surface area contributed by atoms with E-state index in [9.17, 15) is 19.2 Å². The summed E-state index contributed by atoms with van der Waals surface area (Å²) in [5, 5.41) is 5.11. The van der Waals surface area contributed by atoms with E-state index < -0.39 is 23.8 Å². The maximum absolute atomic E-state index is 13.1. The van der Waals surface area contributed by atoms with Crippen molar-refractivity contribution in [2.24, 2.45) is 0 Å². The zero-order valence-electron chi connectivity index (χ0n) is 21.1. The third kappa shape index (κ3) is 4.19. The zero-order chi connectivity index (χ0) is 26.6. The predicted octanol–water partition coefficient (Wildman–Crippen LogP) is 2.59. The number of rotatable bonds is 5. The number of thiophene rings is 1. The van der Waals surface area contributed by atoms with E-state index in [1.165, 1.54) is 4.88 Å². The molecule has 11 nitrogen and oxygen atoms in total. The second kappa shape index (κ2) is 9.44. The maximum Gasteiger partial charge on any atom is 0.343 e. The first-order chi connectivity index (χ1) is 18.3. The molecule has 2 aromatic heterocycles. The van der Waals surface area contributed by atoms with Gasteiger partial charge in [-0.1, -0.05) is 19.9 Å². The number of benzene rings is 1. The molecular formula is C26H27N7O4S. The van der Waals surface area contributed by atoms with Crippen LogP contribution < -0.4 is 10.2 Å². The molecule has 0 saturated carbocycles. The molecule has 2 saturated heterocycles. The average molecular weight is 534 g/mol. The monoisotopic (exact) mass is 533 g/mol. The summed E-state index contributed by atoms with van der Waals surface area (Å²) >= 11 is 1.72. The first-order valence-electron chi connectivity index (χ1n) is 12.6. The molecule has 3 aromatic rings. The molecule has 38 heavy (non-hydrogen) atoms. The van der Waals surface area contributed by atoms with E-state index in [2.05, 4.69) is 45.0 Å². The van der Waals surface area contributed by atoms with Crippen molar-refractivity contribution < 1.29 is 19.2 Å². The van der Waals surface area contributed by atoms with Crippen molar-refractivity contribution in [2.45, 2.75) is 32.7 Å². The van der Waals surface area contributed by atoms with Gasteiger partial charge in [0.25, 0.3) is 11.8 Å². The lowest BCUT2D eigenvalue weighted by atomic mass is 10.1. The summed E-state index contributed by atoms with van der Waals surface area (Å²) in [7, 11) is 0. The van der Waals surface area contributed by atoms with Crippen molar-refractivity contribution >= 4 is 51.1 Å². The molecule has 3 aliphatic rings. The summed E-state index contributed by atoms with van der Waals surface area (Å²) in [4.78, 5) is 65.7. The van der Waals surface area contributed by atoms with Gasteiger partial charge < -0.3 is 4.90 Å². The SMILES string of the molecule is CC(C)c1cc2c(N3CCN(Cc4ccc5c(c4)C(=O)N(N4CCC(=O)NC4=O)C5=O)CC3)ncnc2s1. The lowest BCUT2D eigenvalue weighted by Gasteiger charge is -2.35. The largest absolute Gasteiger partial charge is 0.353 e. The molecule has 2 fully saturated rings. The molecule has 0 atom stereocenters. The summed E-state index contributed by atoms with van der Waals surface area (Å²) in [5.74, 6) is -0.111. The maximum atomic E-state index is 13.1. The van der Waals surface area contributed by atoms with Crippen molar-refractivity contribution in [3.05, 3.63) is 52.2 Å². The molecule has 5 heterocycles. The number of piperazine rings is 1. The number of nitrogens with one attached hydrogen (secondary N) is 1. The summed E-state index contributed by atoms with van der Waals surface area (Å²) < 4.78 is 0. The normalized spacial score (nSPS) is 18.7. The fraction of sp³-hybridized carbons (Fsp3) is 0.385. The average Bonchev–Trinajstić information content (AvgIpc) is 3.44. The molecule has 0 aliphatic carbocycles. The number of aromatic nitrogens is 2. The zero-order valence-corrected chi connectivity index (χ0v) is 22.0. The highest BCUT2D eigenvalue weighted by Gasteiger charge is 2.43. The van der Waals surface area contributed by atoms with Gasteiger partial charge in [-0.05, 0) is 29.7 Å². The number of amides is 5. The molecule has 1 aromatic carbocycles. The van der Waals surface area contributed by atoms with Gasteiger partial charge in [0.2, 0.25) is 5.91 Å². The van der Waals surface area contributed by atoms with Crippen LogP contribution in [-0.2, 0) is 11.3 Å². The summed E-state index contributed by atoms with van der Waals surface area (Å²) in [6, 6.07) is 6.69. The highest BCUT2D eigenvalue weighted by atomic mass is 32.1. The van der Waals surface area contributed by atoms with Crippen molar-refractivity contribution in [3.63, 3.8) is 0 Å². The predicted molar refractivity (Wildman–Crippen MR) is 141 cm³/mol. The molecule has 6 rings (SSSR count). The van der Waals surface area contributed by atoms with E-state index in [4.69, 9.17) is 0 Å². The Morgan fingerprint density at radius 1 is 0.947 bits per heavy atom. The Labute approximate surface area is 223 Å². The summed E-state index contributed by atoms with van der Waals surface area (Å²) in [6.07, 6.45) is 1.67. The minimum atomic E-state index is -0.766. The Bertz CT molecular complexity index is 1480. The Morgan fingerprint density at radius 2 is 1.71 bits per heavy atom. The van der Waals surface area contributed by atoms with Crippen LogP contribution in [0.5, 0.6) is 0 Å². The third-order valence-electron chi connectivity index (χ3n) is 7.18. The van der Waals surface area contributed by atoms with Crippen LogP contribution in [0.4, 0.5) is 10.6 Å². The first kappa shape index (κ1) is 24.4. The van der Waals surface area contributed by atoms with E-state index in [-0.39, 0.29) is 24.1 Å². The van der Waals surface area contributed by atoms with Crippen LogP contribution in [0, 0.1) is 0 Å². The van der Waals surface area contributed by atoms with Crippen LogP contribution in [0.3, 0.4) is 0 Å². The minimum Gasteiger partial charge on any atom is -0.353 e. The van der Waals surface area contributed by atoms with Crippen molar-refractivity contribution in [1.82, 2.24) is 30.2 Å². The van der Waals surface area contributed by atoms with Crippen LogP contribution >= 0.6 is 11.3 Å². The number of nitrogens with zero attached hydrogens (tertiary/aromatic N) is 6. The lowest BCUT2D eigenvalue weighted by Crippen LogP contribution is -2.58. The van der Waals surface area contributed by atoms with Gasteiger partial charge in [0.05, 0.1) is 23.1 Å². The first-order valence-corrected chi connectivity index (χ1v) is 13.5. The molecule has 196 valence electrons. The quantitative estimate of drug-likeness (QED) is 0.497. The Kier molecular flexibility index (Phi) is 6.07. The number of hydrazine groups is 1. The van der Waals surface area contributed by atoms with Gasteiger partial charge in [-0.25, -0.2) is 19.8 Å². The van der Waals surface area contributed by atoms with Gasteiger partial charge in [-0.15, -0.1) is 11.3 Å². The molecular weight excluding hydrogens is 506 g/mol. The fourth-order valence-corrected chi connectivity index (χ4v) is 6.11. The van der Waals surface area contributed by atoms with E-state index >= 15 is 0 Å². The highest BCUT2D eigenvalue weighted by molar-refractivity contribution is 7.18. The number of carbonyl (C=O) groups is 4. The molecule has 0 radical (unpaired) electrons. The molecule has 12 heteroatoms. The van der Waals surface area contributed by atoms with Crippen LogP contribution in [0.25, 0.3) is 10.2 Å². The standard InChI is InChI=1S/C26H27N7O4S/c1-15(2)20-12-19-22(27-14-28-23(19)38-20)31-9-7-30(8-10-31)13-16-3-4-17-18(11-16)25(36)33(24(17)35)32-6-5-21(34)29-26(32)37/h3-4,11-12,14-15H,5-10,13H2,1-2H3,(H,29,34,37). The Balaban J connectivity index is 1.13. The van der Waals surface area contributed by atoms with Gasteiger partial charge in [0.15, 0.2) is 0 Å². The van der Waals surface area contributed by atoms with Crippen molar-refractivity contribution in [2.75, 3.05) is 37.6 Å². The van der Waals surface area contributed by atoms with Crippen LogP contribution in [-0.4, -0.2) is 81.4 Å². The van der Waals surface area contributed by atoms with E-state index in [0.717, 1.165) is 57.8 Å². The topological polar surface area (TPSA) is 119 Å². The summed E-state index contributed by atoms with van der Waals surface area (Å²) in [5.41, 5.74) is 1.46. The number of anilines is 1. The smallest absolute Gasteiger partial charge is 0.343 e. The number of hydrogen-bond donors (Lipinski definition) is 1. The number of carbonyl (C=O) groups excluding carboxylic acids is 4. The minimum absolute atomic E-state index is 0.0178. The van der Waals surface area contributed by atoms with Gasteiger partial charge in [0, 0.05) is 44.0 Å². The van der Waals surface area contributed by atoms with Crippen molar-refractivity contribution in [3.8, 4) is 0 Å². The number of fused-ring (bicyclic) bond motifs is 2. The highest BCUT2D eigenvalue weighted by Crippen LogP contribution is 2.34. The number of urea groups is 1. The second-order valence-electron chi connectivity index (χ2n) is 10.0. The third-order valence-corrected chi connectivity index (χ3v) is 8.52. The Hall–Kier alpha value is -3.90. The van der Waals surface area contributed by atoms with Crippen LogP contribution in [0.15, 0.2) is 30.6 Å². The molecule has 5 amide bonds.